The van der Waals surface area contributed by atoms with Gasteiger partial charge in [-0.3, -0.25) is 9.59 Å². The van der Waals surface area contributed by atoms with E-state index in [9.17, 15) is 39.9 Å². The molecule has 2 aliphatic heterocycles. The number of nitrogens with two attached hydrogens (primary N) is 1. The van der Waals surface area contributed by atoms with Crippen LogP contribution in [0.4, 0.5) is 0 Å². The van der Waals surface area contributed by atoms with Gasteiger partial charge in [-0.1, -0.05) is 60.7 Å². The van der Waals surface area contributed by atoms with Crippen molar-refractivity contribution in [2.24, 2.45) is 23.5 Å². The normalized spacial score (nSPS) is 30.1. The topological polar surface area (TPSA) is 215 Å². The SMILES string of the molecule is NCCOc1ccc(/C=C\C(=O)CO[C@@]2(C(=O)O)C[C@@H](O)[C@H]3OC[C@@H](CCc4ccccc4)C[C@@]45C[C@@H](C=C/C(=C\c6ccc(O)c(O)c6)C4=O)[C@@H]2[C@H]3O5)cc1O. The molecule has 4 aliphatic rings. The molecule has 7 N–H and O–H groups in total. The number of carboxylic acids is 1. The smallest absolute Gasteiger partial charge is 0.336 e. The molecule has 3 fully saturated rings. The summed E-state index contributed by atoms with van der Waals surface area (Å²) in [5.74, 6) is -4.62. The van der Waals surface area contributed by atoms with Crippen LogP contribution in [0.3, 0.4) is 0 Å². The first kappa shape index (κ1) is 39.9. The average molecular weight is 782 g/mol. The lowest BCUT2D eigenvalue weighted by molar-refractivity contribution is -0.296. The summed E-state index contributed by atoms with van der Waals surface area (Å²) >= 11 is 0. The van der Waals surface area contributed by atoms with Crippen LogP contribution in [-0.2, 0) is 35.0 Å². The van der Waals surface area contributed by atoms with Gasteiger partial charge in [-0.15, -0.1) is 0 Å². The number of aliphatic carboxylic acids is 1. The van der Waals surface area contributed by atoms with Crippen LogP contribution in [-0.4, -0.2) is 98.9 Å². The maximum Gasteiger partial charge on any atom is 0.336 e. The molecule has 3 aromatic carbocycles. The molecule has 13 nitrogen and oxygen atoms in total. The van der Waals surface area contributed by atoms with Crippen molar-refractivity contribution >= 4 is 29.7 Å². The maximum absolute atomic E-state index is 14.8. The molecular formula is C44H47NO12. The van der Waals surface area contributed by atoms with Gasteiger partial charge in [-0.25, -0.2) is 4.79 Å². The fourth-order valence-corrected chi connectivity index (χ4v) is 8.84. The summed E-state index contributed by atoms with van der Waals surface area (Å²) in [6.07, 6.45) is 5.54. The van der Waals surface area contributed by atoms with Crippen LogP contribution in [0.2, 0.25) is 0 Å². The van der Waals surface area contributed by atoms with Gasteiger partial charge in [0, 0.05) is 24.5 Å². The van der Waals surface area contributed by atoms with Crippen molar-refractivity contribution in [3.05, 3.63) is 107 Å². The number of rotatable bonds is 13. The summed E-state index contributed by atoms with van der Waals surface area (Å²) in [5.41, 5.74) is 4.23. The summed E-state index contributed by atoms with van der Waals surface area (Å²) < 4.78 is 24.8. The summed E-state index contributed by atoms with van der Waals surface area (Å²) in [4.78, 5) is 41.5. The van der Waals surface area contributed by atoms with Crippen molar-refractivity contribution in [2.75, 3.05) is 26.4 Å². The highest BCUT2D eigenvalue weighted by Crippen LogP contribution is 2.55. The Bertz CT molecular complexity index is 2080. The number of ketones is 2. The number of hydrogen-bond acceptors (Lipinski definition) is 12. The molecule has 0 amide bonds. The van der Waals surface area contributed by atoms with Crippen molar-refractivity contribution < 1.29 is 58.9 Å². The molecule has 3 bridgehead atoms. The van der Waals surface area contributed by atoms with Crippen molar-refractivity contribution in [3.63, 3.8) is 0 Å². The van der Waals surface area contributed by atoms with E-state index in [2.05, 4.69) is 0 Å². The Morgan fingerprint density at radius 2 is 1.70 bits per heavy atom. The maximum atomic E-state index is 14.8. The predicted molar refractivity (Wildman–Crippen MR) is 207 cm³/mol. The van der Waals surface area contributed by atoms with Gasteiger partial charge >= 0.3 is 5.97 Å². The van der Waals surface area contributed by atoms with Gasteiger partial charge in [0.25, 0.3) is 0 Å². The van der Waals surface area contributed by atoms with E-state index in [1.807, 2.05) is 30.3 Å². The lowest BCUT2D eigenvalue weighted by Crippen LogP contribution is -2.72. The van der Waals surface area contributed by atoms with Crippen molar-refractivity contribution in [1.29, 1.82) is 0 Å². The number of hydrogen-bond donors (Lipinski definition) is 6. The van der Waals surface area contributed by atoms with E-state index in [0.717, 1.165) is 5.56 Å². The first-order valence-electron chi connectivity index (χ1n) is 19.1. The molecule has 2 heterocycles. The Hall–Kier alpha value is -5.31. The van der Waals surface area contributed by atoms with E-state index < -0.39 is 66.1 Å². The molecule has 13 heteroatoms. The first-order chi connectivity index (χ1) is 27.4. The monoisotopic (exact) mass is 781 g/mol. The fraction of sp³-hybridized carbons (Fsp3) is 0.386. The number of carbonyl (C=O) groups excluding carboxylic acids is 2. The minimum absolute atomic E-state index is 0.118. The molecule has 1 saturated carbocycles. The van der Waals surface area contributed by atoms with Crippen molar-refractivity contribution in [1.82, 2.24) is 0 Å². The Morgan fingerprint density at radius 1 is 0.930 bits per heavy atom. The second-order valence-electron chi connectivity index (χ2n) is 15.3. The zero-order valence-electron chi connectivity index (χ0n) is 31.2. The van der Waals surface area contributed by atoms with Gasteiger partial charge in [-0.05, 0) is 90.6 Å². The number of allylic oxidation sites excluding steroid dienone is 2. The molecule has 8 atom stereocenters. The Morgan fingerprint density at radius 3 is 2.44 bits per heavy atom. The third-order valence-electron chi connectivity index (χ3n) is 11.5. The van der Waals surface area contributed by atoms with Crippen LogP contribution in [0.25, 0.3) is 12.2 Å². The number of ether oxygens (including phenoxy) is 4. The molecule has 0 radical (unpaired) electrons. The van der Waals surface area contributed by atoms with Gasteiger partial charge in [0.1, 0.15) is 24.9 Å². The molecule has 2 saturated heterocycles. The van der Waals surface area contributed by atoms with E-state index in [4.69, 9.17) is 24.7 Å². The number of benzene rings is 3. The van der Waals surface area contributed by atoms with Gasteiger partial charge < -0.3 is 50.2 Å². The van der Waals surface area contributed by atoms with Crippen LogP contribution in [0, 0.1) is 17.8 Å². The Balaban J connectivity index is 1.21. The van der Waals surface area contributed by atoms with E-state index >= 15 is 0 Å². The zero-order valence-corrected chi connectivity index (χ0v) is 31.2. The quantitative estimate of drug-likeness (QED) is 0.105. The number of aliphatic hydroxyl groups excluding tert-OH is 1. The third kappa shape index (κ3) is 8.25. The summed E-state index contributed by atoms with van der Waals surface area (Å²) in [7, 11) is 0. The molecule has 7 rings (SSSR count). The number of Topliss-reactive ketones (excluding diaryl/α,β-unsaturated/α-hetero) is 1. The van der Waals surface area contributed by atoms with Crippen molar-refractivity contribution in [2.45, 2.75) is 61.6 Å². The molecule has 0 aromatic heterocycles. The van der Waals surface area contributed by atoms with Gasteiger partial charge in [-0.2, -0.15) is 0 Å². The molecule has 0 unspecified atom stereocenters. The lowest BCUT2D eigenvalue weighted by atomic mass is 9.60. The number of carbonyl (C=O) groups is 3. The lowest BCUT2D eigenvalue weighted by Gasteiger charge is -2.58. The molecule has 57 heavy (non-hydrogen) atoms. The number of phenols is 3. The molecule has 2 aliphatic carbocycles. The average Bonchev–Trinajstić information content (AvgIpc) is 3.28. The van der Waals surface area contributed by atoms with E-state index in [-0.39, 0.29) is 72.9 Å². The highest BCUT2D eigenvalue weighted by molar-refractivity contribution is 6.08. The van der Waals surface area contributed by atoms with Crippen molar-refractivity contribution in [3.8, 4) is 23.0 Å². The standard InChI is InChI=1S/C44H47NO12/c45-16-17-54-37-15-10-27(19-35(37)49)8-13-32(46)25-56-44(42(52)53)23-36(50)39-40-38(44)31-12-11-30(18-28-9-14-33(47)34(48)20-28)41(51)43(22-31,57-40)21-29(24-55-39)7-6-26-4-2-1-3-5-26/h1-5,8-15,18-20,29,31,36,38-40,47-50H,6-7,16-17,21-25,45H2,(H,52,53)/b13-8-,30-18+/t29-,31+,36+,38+,39+,40+,43+,44-/m0/s1. The second-order valence-corrected chi connectivity index (χ2v) is 15.3. The summed E-state index contributed by atoms with van der Waals surface area (Å²) in [6, 6.07) is 18.7. The minimum atomic E-state index is -2.11. The van der Waals surface area contributed by atoms with Gasteiger partial charge in [0.2, 0.25) is 0 Å². The molecular weight excluding hydrogens is 734 g/mol. The molecule has 1 spiro atoms. The fourth-order valence-electron chi connectivity index (χ4n) is 8.84. The predicted octanol–water partition coefficient (Wildman–Crippen LogP) is 4.35. The van der Waals surface area contributed by atoms with E-state index in [1.54, 1.807) is 30.4 Å². The van der Waals surface area contributed by atoms with Gasteiger partial charge in [0.05, 0.1) is 18.8 Å². The third-order valence-corrected chi connectivity index (χ3v) is 11.5. The number of carboxylic acid groups (broad SMARTS) is 1. The highest BCUT2D eigenvalue weighted by atomic mass is 16.6. The minimum Gasteiger partial charge on any atom is -0.504 e. The number of aliphatic hydroxyl groups is 1. The van der Waals surface area contributed by atoms with Crippen LogP contribution in [0.5, 0.6) is 23.0 Å². The number of phenolic OH excluding ortho intramolecular Hbond substituents is 3. The number of aryl methyl sites for hydroxylation is 1. The van der Waals surface area contributed by atoms with Crippen LogP contribution in [0.15, 0.2) is 90.5 Å². The van der Waals surface area contributed by atoms with Crippen LogP contribution >= 0.6 is 0 Å². The largest absolute Gasteiger partial charge is 0.504 e. The summed E-state index contributed by atoms with van der Waals surface area (Å²) in [5, 5.41) is 53.1. The highest BCUT2D eigenvalue weighted by Gasteiger charge is 2.67. The Labute approximate surface area is 329 Å². The van der Waals surface area contributed by atoms with Crippen LogP contribution < -0.4 is 10.5 Å². The van der Waals surface area contributed by atoms with E-state index in [0.29, 0.717) is 24.0 Å². The van der Waals surface area contributed by atoms with Gasteiger partial charge in [0.15, 0.2) is 40.2 Å². The van der Waals surface area contributed by atoms with Crippen LogP contribution in [0.1, 0.15) is 42.4 Å². The number of aromatic hydroxyl groups is 3. The second kappa shape index (κ2) is 16.7. The molecule has 300 valence electrons. The Kier molecular flexibility index (Phi) is 11.7. The molecule has 3 aromatic rings. The first-order valence-corrected chi connectivity index (χ1v) is 19.1. The van der Waals surface area contributed by atoms with E-state index in [1.165, 1.54) is 36.4 Å². The zero-order chi connectivity index (χ0) is 40.3. The summed E-state index contributed by atoms with van der Waals surface area (Å²) in [6.45, 7) is 0.0257. The number of fused-ring (bicyclic) bond motifs is 2.